The first-order valence-corrected chi connectivity index (χ1v) is 9.91. The van der Waals surface area contributed by atoms with Gasteiger partial charge in [-0.2, -0.15) is 0 Å². The van der Waals surface area contributed by atoms with Crippen LogP contribution in [-0.2, 0) is 11.3 Å². The van der Waals surface area contributed by atoms with Crippen LogP contribution in [0.15, 0.2) is 53.0 Å². The molecule has 3 atom stereocenters. The lowest BCUT2D eigenvalue weighted by atomic mass is 9.81. The number of likely N-dealkylation sites (tertiary alicyclic amines) is 1. The van der Waals surface area contributed by atoms with E-state index >= 15 is 0 Å². The highest BCUT2D eigenvalue weighted by Gasteiger charge is 2.50. The second kappa shape index (κ2) is 5.96. The molecule has 0 N–H and O–H groups in total. The average molecular weight is 397 g/mol. The quantitative estimate of drug-likeness (QED) is 0.744. The van der Waals surface area contributed by atoms with Crippen molar-refractivity contribution in [2.24, 2.45) is 5.92 Å². The van der Waals surface area contributed by atoms with E-state index in [4.69, 9.17) is 0 Å². The summed E-state index contributed by atoms with van der Waals surface area (Å²) in [6.07, 6.45) is 2.88. The number of hydrogen-bond acceptors (Lipinski definition) is 2. The Balaban J connectivity index is 1.57. The molecule has 5 rings (SSSR count). The largest absolute Gasteiger partial charge is 0.309 e. The van der Waals surface area contributed by atoms with Crippen LogP contribution in [0.3, 0.4) is 0 Å². The lowest BCUT2D eigenvalue weighted by molar-refractivity contribution is -0.117. The second-order valence-electron chi connectivity index (χ2n) is 7.43. The van der Waals surface area contributed by atoms with E-state index in [0.29, 0.717) is 30.3 Å². The molecule has 2 aromatic rings. The number of carbonyl (C=O) groups is 1. The molecule has 1 amide bonds. The Bertz CT molecular complexity index is 822. The predicted octanol–water partition coefficient (Wildman–Crippen LogP) is 4.52. The topological polar surface area (TPSA) is 23.6 Å². The van der Waals surface area contributed by atoms with E-state index in [2.05, 4.69) is 74.3 Å². The lowest BCUT2D eigenvalue weighted by Gasteiger charge is -2.42. The van der Waals surface area contributed by atoms with Crippen molar-refractivity contribution >= 4 is 27.5 Å². The summed E-state index contributed by atoms with van der Waals surface area (Å²) in [7, 11) is 0. The molecular weight excluding hydrogens is 376 g/mol. The number of halogens is 1. The SMILES string of the molecule is O=C1CC[C@H]2[C@@H]3CCN(Cc4ccccc4)[C@@H]3c3cc(Br)ccc3N12. The van der Waals surface area contributed by atoms with Crippen molar-refractivity contribution in [3.63, 3.8) is 0 Å². The van der Waals surface area contributed by atoms with Gasteiger partial charge in [-0.25, -0.2) is 0 Å². The summed E-state index contributed by atoms with van der Waals surface area (Å²) >= 11 is 3.64. The molecule has 3 nitrogen and oxygen atoms in total. The van der Waals surface area contributed by atoms with Gasteiger partial charge in [-0.3, -0.25) is 9.69 Å². The first kappa shape index (κ1) is 15.6. The van der Waals surface area contributed by atoms with Crippen LogP contribution in [-0.4, -0.2) is 23.4 Å². The number of anilines is 1. The molecule has 4 heteroatoms. The minimum Gasteiger partial charge on any atom is -0.309 e. The van der Waals surface area contributed by atoms with Crippen molar-refractivity contribution < 1.29 is 4.79 Å². The summed E-state index contributed by atoms with van der Waals surface area (Å²) in [5.41, 5.74) is 3.82. The van der Waals surface area contributed by atoms with Crippen LogP contribution >= 0.6 is 15.9 Å². The number of carbonyl (C=O) groups excluding carboxylic acids is 1. The van der Waals surface area contributed by atoms with Gasteiger partial charge in [0.25, 0.3) is 0 Å². The van der Waals surface area contributed by atoms with E-state index in [-0.39, 0.29) is 0 Å². The molecule has 2 saturated heterocycles. The maximum absolute atomic E-state index is 12.5. The van der Waals surface area contributed by atoms with Crippen molar-refractivity contribution in [2.45, 2.75) is 37.9 Å². The average Bonchev–Trinajstić information content (AvgIpc) is 3.20. The monoisotopic (exact) mass is 396 g/mol. The third kappa shape index (κ3) is 2.46. The van der Waals surface area contributed by atoms with Crippen molar-refractivity contribution in [3.8, 4) is 0 Å². The molecule has 0 saturated carbocycles. The van der Waals surface area contributed by atoms with Gasteiger partial charge in [0.15, 0.2) is 0 Å². The van der Waals surface area contributed by atoms with Crippen molar-refractivity contribution in [1.29, 1.82) is 0 Å². The van der Waals surface area contributed by atoms with E-state index in [9.17, 15) is 4.79 Å². The molecule has 0 aromatic heterocycles. The Morgan fingerprint density at radius 3 is 2.76 bits per heavy atom. The highest BCUT2D eigenvalue weighted by Crippen LogP contribution is 2.52. The Hall–Kier alpha value is -1.65. The highest BCUT2D eigenvalue weighted by molar-refractivity contribution is 9.10. The summed E-state index contributed by atoms with van der Waals surface area (Å²) < 4.78 is 1.10. The van der Waals surface area contributed by atoms with Crippen LogP contribution in [0.5, 0.6) is 0 Å². The summed E-state index contributed by atoms with van der Waals surface area (Å²) in [4.78, 5) is 17.2. The molecule has 0 unspecified atom stereocenters. The third-order valence-corrected chi connectivity index (χ3v) is 6.59. The normalized spacial score (nSPS) is 28.0. The Kier molecular flexibility index (Phi) is 3.72. The third-order valence-electron chi connectivity index (χ3n) is 6.09. The molecule has 0 aliphatic carbocycles. The molecule has 0 bridgehead atoms. The number of rotatable bonds is 2. The van der Waals surface area contributed by atoms with Crippen LogP contribution in [0.25, 0.3) is 0 Å². The van der Waals surface area contributed by atoms with Crippen molar-refractivity contribution in [2.75, 3.05) is 11.4 Å². The second-order valence-corrected chi connectivity index (χ2v) is 8.34. The zero-order valence-corrected chi connectivity index (χ0v) is 15.7. The molecule has 0 radical (unpaired) electrons. The summed E-state index contributed by atoms with van der Waals surface area (Å²) in [6.45, 7) is 2.09. The maximum atomic E-state index is 12.5. The van der Waals surface area contributed by atoms with Crippen LogP contribution in [0, 0.1) is 5.92 Å². The zero-order valence-electron chi connectivity index (χ0n) is 14.1. The standard InChI is InChI=1S/C21H21BrN2O/c22-15-6-7-19-17(12-15)21-16(18-8-9-20(25)24(18)19)10-11-23(21)13-14-4-2-1-3-5-14/h1-7,12,16,18,21H,8-11,13H2/t16-,18-,21-/m0/s1. The lowest BCUT2D eigenvalue weighted by Crippen LogP contribution is -2.45. The summed E-state index contributed by atoms with van der Waals surface area (Å²) in [5, 5.41) is 0. The number of fused-ring (bicyclic) bond motifs is 6. The minimum absolute atomic E-state index is 0.300. The van der Waals surface area contributed by atoms with Crippen LogP contribution in [0.2, 0.25) is 0 Å². The zero-order chi connectivity index (χ0) is 17.0. The molecule has 25 heavy (non-hydrogen) atoms. The first-order valence-electron chi connectivity index (χ1n) is 9.12. The van der Waals surface area contributed by atoms with Crippen LogP contribution in [0.4, 0.5) is 5.69 Å². The Labute approximate surface area is 156 Å². The number of nitrogens with zero attached hydrogens (tertiary/aromatic N) is 2. The molecule has 3 aliphatic heterocycles. The van der Waals surface area contributed by atoms with Gasteiger partial charge >= 0.3 is 0 Å². The van der Waals surface area contributed by atoms with Gasteiger partial charge in [-0.1, -0.05) is 46.3 Å². The van der Waals surface area contributed by atoms with Crippen molar-refractivity contribution in [3.05, 3.63) is 64.1 Å². The molecule has 2 aromatic carbocycles. The van der Waals surface area contributed by atoms with Gasteiger partial charge in [0, 0.05) is 41.1 Å². The van der Waals surface area contributed by atoms with Crippen molar-refractivity contribution in [1.82, 2.24) is 4.90 Å². The fourth-order valence-electron chi connectivity index (χ4n) is 5.11. The molecule has 3 heterocycles. The Morgan fingerprint density at radius 2 is 1.92 bits per heavy atom. The van der Waals surface area contributed by atoms with Gasteiger partial charge < -0.3 is 4.90 Å². The van der Waals surface area contributed by atoms with Gasteiger partial charge in [-0.15, -0.1) is 0 Å². The van der Waals surface area contributed by atoms with Gasteiger partial charge in [0.2, 0.25) is 5.91 Å². The summed E-state index contributed by atoms with van der Waals surface area (Å²) in [5.74, 6) is 0.852. The first-order chi connectivity index (χ1) is 12.2. The van der Waals surface area contributed by atoms with E-state index in [0.717, 1.165) is 29.7 Å². The molecule has 0 spiro atoms. The fraction of sp³-hybridized carbons (Fsp3) is 0.381. The number of benzene rings is 2. The summed E-state index contributed by atoms with van der Waals surface area (Å²) in [6, 6.07) is 18.0. The van der Waals surface area contributed by atoms with Gasteiger partial charge in [0.1, 0.15) is 0 Å². The van der Waals surface area contributed by atoms with Gasteiger partial charge in [-0.05, 0) is 48.7 Å². The van der Waals surface area contributed by atoms with E-state index < -0.39 is 0 Å². The fourth-order valence-corrected chi connectivity index (χ4v) is 5.49. The van der Waals surface area contributed by atoms with Gasteiger partial charge in [0.05, 0.1) is 0 Å². The number of hydrogen-bond donors (Lipinski definition) is 0. The number of amides is 1. The van der Waals surface area contributed by atoms with Crippen LogP contribution < -0.4 is 4.90 Å². The highest BCUT2D eigenvalue weighted by atomic mass is 79.9. The van der Waals surface area contributed by atoms with E-state index in [1.165, 1.54) is 17.5 Å². The Morgan fingerprint density at radius 1 is 1.08 bits per heavy atom. The molecule has 3 aliphatic rings. The van der Waals surface area contributed by atoms with E-state index in [1.807, 2.05) is 0 Å². The predicted molar refractivity (Wildman–Crippen MR) is 102 cm³/mol. The molecule has 2 fully saturated rings. The molecular formula is C21H21BrN2O. The molecule has 128 valence electrons. The van der Waals surface area contributed by atoms with E-state index in [1.54, 1.807) is 0 Å². The van der Waals surface area contributed by atoms with Crippen LogP contribution in [0.1, 0.15) is 36.4 Å². The maximum Gasteiger partial charge on any atom is 0.227 e. The smallest absolute Gasteiger partial charge is 0.227 e. The minimum atomic E-state index is 0.300.